The minimum atomic E-state index is -4.42. The fourth-order valence-electron chi connectivity index (χ4n) is 6.11. The number of anilines is 1. The number of allylic oxidation sites excluding steroid dienone is 4. The summed E-state index contributed by atoms with van der Waals surface area (Å²) in [5, 5.41) is 9.60. The van der Waals surface area contributed by atoms with Gasteiger partial charge in [0.15, 0.2) is 5.71 Å². The topological polar surface area (TPSA) is 181 Å². The Hall–Kier alpha value is -3.85. The number of aromatic carboxylic acids is 1. The summed E-state index contributed by atoms with van der Waals surface area (Å²) in [5.74, 6) is -1.70. The van der Waals surface area contributed by atoms with Crippen molar-refractivity contribution in [3.8, 4) is 5.75 Å². The molecule has 0 saturated carbocycles. The van der Waals surface area contributed by atoms with Gasteiger partial charge in [-0.3, -0.25) is 9.35 Å². The Morgan fingerprint density at radius 2 is 1.71 bits per heavy atom. The Morgan fingerprint density at radius 3 is 2.33 bits per heavy atom. The second-order valence-corrected chi connectivity index (χ2v) is 15.1. The molecule has 0 unspecified atom stereocenters. The molecule has 0 bridgehead atoms. The molecule has 0 saturated heterocycles. The van der Waals surface area contributed by atoms with Crippen molar-refractivity contribution in [3.05, 3.63) is 77.0 Å². The number of carbonyl (C=O) groups excluding carboxylic acids is 1. The third kappa shape index (κ3) is 7.35. The van der Waals surface area contributed by atoms with E-state index in [9.17, 15) is 40.6 Å². The molecule has 0 radical (unpaired) electrons. The highest BCUT2D eigenvalue weighted by Gasteiger charge is 2.45. The zero-order valence-corrected chi connectivity index (χ0v) is 27.0. The van der Waals surface area contributed by atoms with Gasteiger partial charge in [-0.25, -0.2) is 13.2 Å². The number of fused-ring (bicyclic) bond motifs is 2. The maximum atomic E-state index is 11.7. The maximum Gasteiger partial charge on any atom is 0.335 e. The quantitative estimate of drug-likeness (QED) is 0.181. The smallest absolute Gasteiger partial charge is 0.335 e. The van der Waals surface area contributed by atoms with E-state index in [1.165, 1.54) is 6.07 Å². The van der Waals surface area contributed by atoms with E-state index in [0.717, 1.165) is 33.9 Å². The molecule has 2 N–H and O–H groups in total. The van der Waals surface area contributed by atoms with Crippen LogP contribution in [0.2, 0.25) is 0 Å². The molecule has 242 valence electrons. The highest BCUT2D eigenvalue weighted by molar-refractivity contribution is 7.85. The number of hydrogen-bond acceptors (Lipinski definition) is 9. The number of nitrogens with zero attached hydrogens (tertiary/aromatic N) is 2. The van der Waals surface area contributed by atoms with Crippen LogP contribution in [0.25, 0.3) is 0 Å². The van der Waals surface area contributed by atoms with E-state index in [4.69, 9.17) is 4.74 Å². The molecule has 45 heavy (non-hydrogen) atoms. The van der Waals surface area contributed by atoms with Crippen molar-refractivity contribution in [1.29, 1.82) is 0 Å². The van der Waals surface area contributed by atoms with Crippen LogP contribution in [0.1, 0.15) is 62.0 Å². The maximum absolute atomic E-state index is 11.7. The second kappa shape index (κ2) is 12.5. The molecule has 2 aliphatic rings. The average Bonchev–Trinajstić information content (AvgIpc) is 3.26. The van der Waals surface area contributed by atoms with Crippen molar-refractivity contribution < 1.29 is 49.9 Å². The van der Waals surface area contributed by atoms with Crippen LogP contribution in [-0.4, -0.2) is 78.4 Å². The summed E-state index contributed by atoms with van der Waals surface area (Å²) in [7, 11) is -8.61. The number of hydrogen-bond donors (Lipinski definition) is 2. The number of rotatable bonds is 13. The number of carbonyl (C=O) groups is 2. The minimum absolute atomic E-state index is 0.0855. The lowest BCUT2D eigenvalue weighted by Crippen LogP contribution is -2.29. The molecular formula is C31H36N2O10S2. The van der Waals surface area contributed by atoms with Crippen molar-refractivity contribution in [2.75, 3.05) is 29.5 Å². The molecular weight excluding hydrogens is 624 g/mol. The summed E-state index contributed by atoms with van der Waals surface area (Å²) in [6.07, 6.45) is 5.76. The fourth-order valence-corrected chi connectivity index (χ4v) is 7.09. The van der Waals surface area contributed by atoms with Crippen LogP contribution in [-0.2, 0) is 35.9 Å². The lowest BCUT2D eigenvalue weighted by atomic mass is 9.81. The van der Waals surface area contributed by atoms with Crippen LogP contribution in [0, 0.1) is 0 Å². The summed E-state index contributed by atoms with van der Waals surface area (Å²) >= 11 is 0. The van der Waals surface area contributed by atoms with Crippen molar-refractivity contribution in [2.24, 2.45) is 0 Å². The summed E-state index contributed by atoms with van der Waals surface area (Å²) in [4.78, 5) is 24.6. The first-order chi connectivity index (χ1) is 20.9. The summed E-state index contributed by atoms with van der Waals surface area (Å²) < 4.78 is 73.1. The number of benzene rings is 2. The molecule has 12 nitrogen and oxygen atoms in total. The molecule has 2 aromatic rings. The fraction of sp³-hybridized carbons (Fsp3) is 0.387. The van der Waals surface area contributed by atoms with Gasteiger partial charge < -0.3 is 19.3 Å². The summed E-state index contributed by atoms with van der Waals surface area (Å²) in [6.45, 7) is 8.62. The van der Waals surface area contributed by atoms with Gasteiger partial charge in [-0.2, -0.15) is 13.0 Å². The van der Waals surface area contributed by atoms with Gasteiger partial charge in [-0.05, 0) is 62.2 Å². The van der Waals surface area contributed by atoms with Crippen LogP contribution in [0.4, 0.5) is 11.4 Å². The van der Waals surface area contributed by atoms with E-state index in [1.807, 2.05) is 55.4 Å². The minimum Gasteiger partial charge on any atom is -0.748 e. The zero-order valence-electron chi connectivity index (χ0n) is 25.4. The summed E-state index contributed by atoms with van der Waals surface area (Å²) in [5.41, 5.74) is 3.46. The van der Waals surface area contributed by atoms with E-state index in [1.54, 1.807) is 30.3 Å². The Kier molecular flexibility index (Phi) is 9.46. The largest absolute Gasteiger partial charge is 0.748 e. The zero-order chi connectivity index (χ0) is 33.4. The second-order valence-electron chi connectivity index (χ2n) is 12.0. The van der Waals surface area contributed by atoms with Gasteiger partial charge in [0.05, 0.1) is 26.8 Å². The van der Waals surface area contributed by atoms with Crippen LogP contribution >= 0.6 is 0 Å². The first-order valence-corrected chi connectivity index (χ1v) is 17.4. The third-order valence-corrected chi connectivity index (χ3v) is 9.85. The first kappa shape index (κ1) is 34.0. The SMILES string of the molecule is CC1(C)C(/C=C/C=C2/N(CCCS(=O)(=O)O)c3ccc(C(=O)O)cc3C2(C)C)=[N+](CCCS(=O)(=O)[O-])c2ccc(OC=O)cc21. The third-order valence-electron chi connectivity index (χ3n) is 8.25. The Morgan fingerprint density at radius 1 is 1.00 bits per heavy atom. The van der Waals surface area contributed by atoms with Crippen LogP contribution < -0.4 is 9.64 Å². The van der Waals surface area contributed by atoms with E-state index in [0.29, 0.717) is 12.2 Å². The molecule has 14 heteroatoms. The molecule has 0 aromatic heterocycles. The monoisotopic (exact) mass is 660 g/mol. The van der Waals surface area contributed by atoms with Crippen molar-refractivity contribution in [3.63, 3.8) is 0 Å². The molecule has 2 heterocycles. The molecule has 0 fully saturated rings. The van der Waals surface area contributed by atoms with Crippen LogP contribution in [0.3, 0.4) is 0 Å². The van der Waals surface area contributed by atoms with Crippen LogP contribution in [0.5, 0.6) is 5.75 Å². The molecule has 0 spiro atoms. The number of carboxylic acid groups (broad SMARTS) is 1. The lowest BCUT2D eigenvalue weighted by molar-refractivity contribution is -0.437. The average molecular weight is 661 g/mol. The van der Waals surface area contributed by atoms with Gasteiger partial charge in [0.25, 0.3) is 16.6 Å². The normalized spacial score (nSPS) is 18.0. The van der Waals surface area contributed by atoms with Gasteiger partial charge in [0, 0.05) is 53.2 Å². The molecule has 0 aliphatic carbocycles. The van der Waals surface area contributed by atoms with Gasteiger partial charge in [0.2, 0.25) is 5.69 Å². The van der Waals surface area contributed by atoms with Gasteiger partial charge >= 0.3 is 5.97 Å². The highest BCUT2D eigenvalue weighted by Crippen LogP contribution is 2.48. The lowest BCUT2D eigenvalue weighted by Gasteiger charge is -2.27. The van der Waals surface area contributed by atoms with Gasteiger partial charge in [-0.1, -0.05) is 19.9 Å². The van der Waals surface area contributed by atoms with Crippen molar-refractivity contribution >= 4 is 49.8 Å². The van der Waals surface area contributed by atoms with E-state index >= 15 is 0 Å². The van der Waals surface area contributed by atoms with Gasteiger partial charge in [-0.15, -0.1) is 0 Å². The van der Waals surface area contributed by atoms with Gasteiger partial charge in [0.1, 0.15) is 12.3 Å². The molecule has 0 atom stereocenters. The highest BCUT2D eigenvalue weighted by atomic mass is 32.2. The Labute approximate surface area is 262 Å². The van der Waals surface area contributed by atoms with E-state index in [2.05, 4.69) is 0 Å². The molecule has 4 rings (SSSR count). The Balaban J connectivity index is 1.78. The molecule has 2 aromatic carbocycles. The predicted molar refractivity (Wildman–Crippen MR) is 167 cm³/mol. The number of carboxylic acids is 1. The molecule has 2 aliphatic heterocycles. The predicted octanol–water partition coefficient (Wildman–Crippen LogP) is 3.75. The van der Waals surface area contributed by atoms with Crippen molar-refractivity contribution in [2.45, 2.75) is 51.4 Å². The summed E-state index contributed by atoms with van der Waals surface area (Å²) in [6, 6.07) is 9.93. The van der Waals surface area contributed by atoms with E-state index in [-0.39, 0.29) is 31.5 Å². The standard InChI is InChI=1S/C31H36N2O10S2/c1-30(2)23-18-21(29(35)36)10-12-25(23)32(14-6-16-44(37,38)39)27(30)8-5-9-28-31(3,4)24-19-22(43-20-34)11-13-26(24)33(28)15-7-17-45(40,41)42/h5,8-13,18-20H,6-7,14-17H2,1-4H3,(H2-,35,36,37,38,39,40,41,42). The Bertz CT molecular complexity index is 1840. The molecule has 0 amide bonds. The first-order valence-electron chi connectivity index (χ1n) is 14.2. The van der Waals surface area contributed by atoms with Crippen molar-refractivity contribution in [1.82, 2.24) is 0 Å². The van der Waals surface area contributed by atoms with E-state index < -0.39 is 48.5 Å². The van der Waals surface area contributed by atoms with Crippen LogP contribution in [0.15, 0.2) is 60.3 Å². The number of ether oxygens (including phenoxy) is 1.